The van der Waals surface area contributed by atoms with E-state index in [0.717, 1.165) is 122 Å². The van der Waals surface area contributed by atoms with Gasteiger partial charge in [-0.3, -0.25) is 18.6 Å². The zero-order chi connectivity index (χ0) is 64.9. The number of carbonyl (C=O) groups excluding carboxylic acids is 2. The molecule has 512 valence electrons. The Morgan fingerprint density at radius 1 is 0.404 bits per heavy atom. The van der Waals surface area contributed by atoms with Crippen LogP contribution in [0.25, 0.3) is 0 Å². The second kappa shape index (κ2) is 67.3. The van der Waals surface area contributed by atoms with Gasteiger partial charge in [-0.05, 0) is 122 Å². The topological polar surface area (TPSA) is 111 Å². The van der Waals surface area contributed by atoms with Gasteiger partial charge < -0.3 is 19.4 Å². The number of allylic oxidation sites excluding steroid dienone is 19. The second-order valence-electron chi connectivity index (χ2n) is 25.7. The molecular formula is C79H140N2O7P+. The van der Waals surface area contributed by atoms with Gasteiger partial charge in [-0.25, -0.2) is 4.57 Å². The number of likely N-dealkylation sites (N-methyl/N-ethyl adjacent to an activating group) is 1. The molecule has 3 unspecified atom stereocenters. The van der Waals surface area contributed by atoms with Crippen LogP contribution in [0.3, 0.4) is 0 Å². The van der Waals surface area contributed by atoms with Crippen LogP contribution in [-0.4, -0.2) is 74.3 Å². The quantitative estimate of drug-likeness (QED) is 0.0205. The number of nitrogens with one attached hydrogen (secondary N) is 1. The number of esters is 1. The summed E-state index contributed by atoms with van der Waals surface area (Å²) in [6.45, 7) is 6.88. The van der Waals surface area contributed by atoms with Crippen molar-refractivity contribution in [3.63, 3.8) is 0 Å². The van der Waals surface area contributed by atoms with Crippen LogP contribution in [0.2, 0.25) is 0 Å². The minimum absolute atomic E-state index is 0.0324. The van der Waals surface area contributed by atoms with Crippen molar-refractivity contribution in [2.75, 3.05) is 40.9 Å². The van der Waals surface area contributed by atoms with E-state index in [0.29, 0.717) is 17.4 Å². The molecule has 0 spiro atoms. The van der Waals surface area contributed by atoms with Crippen molar-refractivity contribution in [1.82, 2.24) is 5.32 Å². The minimum Gasteiger partial charge on any atom is -0.456 e. The van der Waals surface area contributed by atoms with Crippen LogP contribution < -0.4 is 5.32 Å². The highest BCUT2D eigenvalue weighted by molar-refractivity contribution is 7.47. The first-order chi connectivity index (χ1) is 43.4. The zero-order valence-electron chi connectivity index (χ0n) is 58.6. The third-order valence-corrected chi connectivity index (χ3v) is 16.9. The van der Waals surface area contributed by atoms with E-state index in [1.54, 1.807) is 0 Å². The number of rotatable bonds is 66. The molecule has 89 heavy (non-hydrogen) atoms. The number of hydrogen-bond donors (Lipinski definition) is 2. The molecule has 0 aliphatic heterocycles. The fraction of sp³-hybridized carbons (Fsp3) is 0.722. The summed E-state index contributed by atoms with van der Waals surface area (Å²) in [6.07, 6.45) is 94.9. The molecule has 1 amide bonds. The number of hydrogen-bond acceptors (Lipinski definition) is 6. The molecule has 0 heterocycles. The van der Waals surface area contributed by atoms with Gasteiger partial charge >= 0.3 is 13.8 Å². The fourth-order valence-electron chi connectivity index (χ4n) is 10.2. The Morgan fingerprint density at radius 2 is 0.719 bits per heavy atom. The SMILES string of the molecule is CC/C=C\C/C=C\C/C=C\C/C=C\C/C=C\C/C=C\CCCCCCCCCCC(=O)NC(COP(=O)(O)OCC[N+](C)(C)C)C(/C=C\CCCCCCCCCCCCC)OC(=O)CCCCCCCCCCCC/C=C\C/C=C\C/C=C\CCCCC. The van der Waals surface area contributed by atoms with Gasteiger partial charge in [-0.2, -0.15) is 0 Å². The molecule has 2 N–H and O–H groups in total. The lowest BCUT2D eigenvalue weighted by Gasteiger charge is -2.27. The molecule has 10 heteroatoms. The Kier molecular flexibility index (Phi) is 64.6. The van der Waals surface area contributed by atoms with Crippen LogP contribution >= 0.6 is 7.82 Å². The van der Waals surface area contributed by atoms with Gasteiger partial charge in [0.05, 0.1) is 33.8 Å². The molecule has 9 nitrogen and oxygen atoms in total. The van der Waals surface area contributed by atoms with E-state index in [-0.39, 0.29) is 31.5 Å². The van der Waals surface area contributed by atoms with Crippen LogP contribution in [0.15, 0.2) is 122 Å². The predicted octanol–water partition coefficient (Wildman–Crippen LogP) is 23.8. The van der Waals surface area contributed by atoms with E-state index in [9.17, 15) is 19.0 Å². The summed E-state index contributed by atoms with van der Waals surface area (Å²) in [5.74, 6) is -0.518. The Balaban J connectivity index is 5.11. The summed E-state index contributed by atoms with van der Waals surface area (Å²) in [7, 11) is 1.48. The van der Waals surface area contributed by atoms with Gasteiger partial charge in [0.25, 0.3) is 0 Å². The van der Waals surface area contributed by atoms with Gasteiger partial charge in [0, 0.05) is 12.8 Å². The molecule has 0 aromatic rings. The molecule has 0 aliphatic carbocycles. The maximum absolute atomic E-state index is 13.6. The standard InChI is InChI=1S/C79H139N2O7P/c1-7-10-13-16-19-22-25-28-30-32-34-36-38-39-40-41-43-44-46-48-50-53-56-59-62-65-68-71-78(82)80-76(75-87-89(84,85)86-74-73-81(4,5)6)77(70-67-64-61-58-55-52-27-24-21-18-15-12-9-3)88-79(83)72-69-66-63-60-57-54-51-49-47-45-42-37-35-33-31-29-26-23-20-17-14-11-8-2/h10,13,19-20,22-23,28-31,34-37,39-40,43-44,67,70,76-77H,7-9,11-12,14-18,21,24-27,32-33,38,41-42,45-66,68-69,71-75H2,1-6H3,(H-,80,82,84,85)/p+1/b13-10-,22-19-,23-20-,30-28-,31-29-,36-34-,37-35-,40-39-,44-43-,70-67-. The summed E-state index contributed by atoms with van der Waals surface area (Å²) >= 11 is 0. The molecular weight excluding hydrogens is 1120 g/mol. The highest BCUT2D eigenvalue weighted by Crippen LogP contribution is 2.43. The Morgan fingerprint density at radius 3 is 1.10 bits per heavy atom. The summed E-state index contributed by atoms with van der Waals surface area (Å²) in [5.41, 5.74) is 0. The van der Waals surface area contributed by atoms with Crippen molar-refractivity contribution >= 4 is 19.7 Å². The molecule has 0 aliphatic rings. The van der Waals surface area contributed by atoms with Crippen molar-refractivity contribution in [3.05, 3.63) is 122 Å². The van der Waals surface area contributed by atoms with Crippen LogP contribution in [0.5, 0.6) is 0 Å². The minimum atomic E-state index is -4.47. The third kappa shape index (κ3) is 68.6. The lowest BCUT2D eigenvalue weighted by atomic mass is 10.0. The smallest absolute Gasteiger partial charge is 0.456 e. The molecule has 0 aromatic carbocycles. The van der Waals surface area contributed by atoms with E-state index >= 15 is 0 Å². The molecule has 0 aromatic heterocycles. The van der Waals surface area contributed by atoms with E-state index in [4.69, 9.17) is 13.8 Å². The lowest BCUT2D eigenvalue weighted by molar-refractivity contribution is -0.870. The van der Waals surface area contributed by atoms with E-state index in [1.165, 1.54) is 161 Å². The van der Waals surface area contributed by atoms with Crippen LogP contribution in [-0.2, 0) is 27.9 Å². The van der Waals surface area contributed by atoms with E-state index in [2.05, 4.69) is 135 Å². The second-order valence-corrected chi connectivity index (χ2v) is 27.2. The van der Waals surface area contributed by atoms with Crippen molar-refractivity contribution in [2.24, 2.45) is 0 Å². The number of phosphoric ester groups is 1. The van der Waals surface area contributed by atoms with Gasteiger partial charge in [0.2, 0.25) is 5.91 Å². The highest BCUT2D eigenvalue weighted by Gasteiger charge is 2.30. The van der Waals surface area contributed by atoms with Crippen molar-refractivity contribution in [3.8, 4) is 0 Å². The van der Waals surface area contributed by atoms with Crippen LogP contribution in [0, 0.1) is 0 Å². The first-order valence-electron chi connectivity index (χ1n) is 36.9. The maximum atomic E-state index is 13.6. The number of nitrogens with zero attached hydrogens (tertiary/aromatic N) is 1. The highest BCUT2D eigenvalue weighted by atomic mass is 31.2. The van der Waals surface area contributed by atoms with Gasteiger partial charge in [-0.1, -0.05) is 303 Å². The first kappa shape index (κ1) is 85.4. The molecule has 0 radical (unpaired) electrons. The third-order valence-electron chi connectivity index (χ3n) is 15.9. The molecule has 3 atom stereocenters. The van der Waals surface area contributed by atoms with Crippen molar-refractivity contribution < 1.29 is 37.3 Å². The summed E-state index contributed by atoms with van der Waals surface area (Å²) in [4.78, 5) is 38.0. The van der Waals surface area contributed by atoms with Crippen LogP contribution in [0.1, 0.15) is 316 Å². The number of amides is 1. The fourth-order valence-corrected chi connectivity index (χ4v) is 11.0. The molecule has 0 fully saturated rings. The normalized spacial score (nSPS) is 14.2. The molecule has 0 rings (SSSR count). The summed E-state index contributed by atoms with van der Waals surface area (Å²) in [6, 6.07) is -0.864. The average molecular weight is 1260 g/mol. The number of unbranched alkanes of at least 4 members (excludes halogenated alkanes) is 32. The molecule has 0 bridgehead atoms. The first-order valence-corrected chi connectivity index (χ1v) is 38.4. The number of ether oxygens (including phenoxy) is 1. The number of carbonyl (C=O) groups is 2. The van der Waals surface area contributed by atoms with E-state index in [1.807, 2.05) is 33.3 Å². The van der Waals surface area contributed by atoms with Gasteiger partial charge in [-0.15, -0.1) is 0 Å². The Bertz CT molecular complexity index is 1940. The Hall–Kier alpha value is -3.59. The lowest BCUT2D eigenvalue weighted by Crippen LogP contribution is -2.47. The molecule has 0 saturated carbocycles. The monoisotopic (exact) mass is 1260 g/mol. The maximum Gasteiger partial charge on any atom is 0.472 e. The largest absolute Gasteiger partial charge is 0.472 e. The number of quaternary nitrogens is 1. The van der Waals surface area contributed by atoms with Gasteiger partial charge in [0.1, 0.15) is 19.3 Å². The van der Waals surface area contributed by atoms with Crippen molar-refractivity contribution in [2.45, 2.75) is 328 Å². The van der Waals surface area contributed by atoms with Crippen molar-refractivity contribution in [1.29, 1.82) is 0 Å². The molecule has 0 saturated heterocycles. The average Bonchev–Trinajstić information content (AvgIpc) is 3.65. The summed E-state index contributed by atoms with van der Waals surface area (Å²) in [5, 5.41) is 3.07. The van der Waals surface area contributed by atoms with Crippen LogP contribution in [0.4, 0.5) is 0 Å². The summed E-state index contributed by atoms with van der Waals surface area (Å²) < 4.78 is 30.9. The Labute approximate surface area is 550 Å². The zero-order valence-corrected chi connectivity index (χ0v) is 59.5. The van der Waals surface area contributed by atoms with Gasteiger partial charge in [0.15, 0.2) is 0 Å². The number of phosphoric acid groups is 1. The van der Waals surface area contributed by atoms with E-state index < -0.39 is 20.0 Å². The predicted molar refractivity (Wildman–Crippen MR) is 387 cm³/mol.